The molecule has 0 fully saturated rings. The molecule has 32 heavy (non-hydrogen) atoms. The summed E-state index contributed by atoms with van der Waals surface area (Å²) in [6, 6.07) is 15.9. The summed E-state index contributed by atoms with van der Waals surface area (Å²) in [5.41, 5.74) is 13.9. The van der Waals surface area contributed by atoms with Gasteiger partial charge in [-0.2, -0.15) is 0 Å². The number of ether oxygens (including phenoxy) is 2. The fourth-order valence-corrected chi connectivity index (χ4v) is 5.17. The second-order valence-electron chi connectivity index (χ2n) is 7.92. The molecule has 0 bridgehead atoms. The maximum absolute atomic E-state index is 13.7. The number of ketones is 1. The molecule has 0 amide bonds. The third-order valence-corrected chi connectivity index (χ3v) is 6.94. The number of anilines is 1. The molecular formula is C26H24N2O3S. The molecule has 2 aromatic heterocycles. The lowest BCUT2D eigenvalue weighted by Crippen LogP contribution is -2.17. The Hall–Kier alpha value is -3.51. The highest BCUT2D eigenvalue weighted by molar-refractivity contribution is 7.12. The van der Waals surface area contributed by atoms with Crippen LogP contribution in [0.2, 0.25) is 0 Å². The zero-order valence-electron chi connectivity index (χ0n) is 18.3. The standard InChI is InChI=1S/C26H24N2O3S/c1-15-6-8-16(9-7-15)22-23(27)24-18-14-20(31-3)19(30-2)13-17(18)10-11-28(24)25(22)26(29)21-5-4-12-32-21/h4-9,12-14H,10-11,27H2,1-3H3. The van der Waals surface area contributed by atoms with Crippen molar-refractivity contribution in [1.29, 1.82) is 0 Å². The number of carbonyl (C=O) groups is 1. The third-order valence-electron chi connectivity index (χ3n) is 6.07. The summed E-state index contributed by atoms with van der Waals surface area (Å²) in [5.74, 6) is 1.33. The van der Waals surface area contributed by atoms with Crippen LogP contribution in [0.4, 0.5) is 5.69 Å². The molecule has 5 rings (SSSR count). The number of benzene rings is 2. The van der Waals surface area contributed by atoms with E-state index < -0.39 is 0 Å². The van der Waals surface area contributed by atoms with E-state index in [9.17, 15) is 4.79 Å². The van der Waals surface area contributed by atoms with Crippen molar-refractivity contribution in [3.05, 3.63) is 75.6 Å². The van der Waals surface area contributed by atoms with Crippen LogP contribution < -0.4 is 15.2 Å². The Labute approximate surface area is 191 Å². The van der Waals surface area contributed by atoms with Crippen LogP contribution in [0.25, 0.3) is 22.4 Å². The van der Waals surface area contributed by atoms with Crippen molar-refractivity contribution in [2.75, 3.05) is 20.0 Å². The molecule has 0 atom stereocenters. The highest BCUT2D eigenvalue weighted by Crippen LogP contribution is 2.47. The monoisotopic (exact) mass is 444 g/mol. The molecule has 5 nitrogen and oxygen atoms in total. The van der Waals surface area contributed by atoms with Crippen LogP contribution in [0.5, 0.6) is 11.5 Å². The molecule has 162 valence electrons. The Kier molecular flexibility index (Phi) is 5.02. The van der Waals surface area contributed by atoms with Gasteiger partial charge >= 0.3 is 0 Å². The van der Waals surface area contributed by atoms with Crippen molar-refractivity contribution < 1.29 is 14.3 Å². The molecule has 1 aliphatic heterocycles. The number of thiophene rings is 1. The third kappa shape index (κ3) is 3.10. The Morgan fingerprint density at radius 2 is 1.78 bits per heavy atom. The summed E-state index contributed by atoms with van der Waals surface area (Å²) in [5, 5.41) is 1.93. The van der Waals surface area contributed by atoms with Crippen molar-refractivity contribution in [3.63, 3.8) is 0 Å². The molecule has 0 saturated heterocycles. The zero-order valence-corrected chi connectivity index (χ0v) is 19.1. The molecule has 0 unspecified atom stereocenters. The zero-order chi connectivity index (χ0) is 22.4. The molecule has 1 aliphatic rings. The van der Waals surface area contributed by atoms with Crippen LogP contribution in [-0.4, -0.2) is 24.6 Å². The predicted octanol–water partition coefficient (Wildman–Crippen LogP) is 5.58. The van der Waals surface area contributed by atoms with Gasteiger partial charge in [-0.1, -0.05) is 35.9 Å². The number of aryl methyl sites for hydroxylation is 2. The summed E-state index contributed by atoms with van der Waals surface area (Å²) in [4.78, 5) is 14.4. The number of nitrogen functional groups attached to an aromatic ring is 1. The van der Waals surface area contributed by atoms with E-state index in [0.29, 0.717) is 34.3 Å². The minimum atomic E-state index is -0.00236. The number of hydrogen-bond acceptors (Lipinski definition) is 5. The fraction of sp³-hybridized carbons (Fsp3) is 0.192. The van der Waals surface area contributed by atoms with E-state index in [4.69, 9.17) is 15.2 Å². The van der Waals surface area contributed by atoms with E-state index in [-0.39, 0.29) is 5.78 Å². The number of carbonyl (C=O) groups excluding carboxylic acids is 1. The van der Waals surface area contributed by atoms with Gasteiger partial charge in [-0.3, -0.25) is 4.79 Å². The van der Waals surface area contributed by atoms with Gasteiger partial charge in [-0.05, 0) is 48.1 Å². The summed E-state index contributed by atoms with van der Waals surface area (Å²) < 4.78 is 13.1. The second-order valence-corrected chi connectivity index (χ2v) is 8.87. The number of fused-ring (bicyclic) bond motifs is 3. The molecule has 6 heteroatoms. The predicted molar refractivity (Wildman–Crippen MR) is 129 cm³/mol. The van der Waals surface area contributed by atoms with E-state index >= 15 is 0 Å². The Balaban J connectivity index is 1.81. The lowest BCUT2D eigenvalue weighted by atomic mass is 9.96. The molecular weight excluding hydrogens is 420 g/mol. The smallest absolute Gasteiger partial charge is 0.220 e. The van der Waals surface area contributed by atoms with E-state index in [1.54, 1.807) is 14.2 Å². The minimum absolute atomic E-state index is 0.00236. The summed E-state index contributed by atoms with van der Waals surface area (Å²) >= 11 is 1.45. The van der Waals surface area contributed by atoms with Crippen molar-refractivity contribution in [1.82, 2.24) is 4.57 Å². The number of methoxy groups -OCH3 is 2. The first-order valence-electron chi connectivity index (χ1n) is 10.5. The van der Waals surface area contributed by atoms with E-state index in [0.717, 1.165) is 39.9 Å². The van der Waals surface area contributed by atoms with Crippen molar-refractivity contribution in [3.8, 4) is 33.9 Å². The first kappa shape index (κ1) is 20.4. The molecule has 0 spiro atoms. The van der Waals surface area contributed by atoms with Gasteiger partial charge in [0.1, 0.15) is 5.69 Å². The van der Waals surface area contributed by atoms with Crippen LogP contribution >= 0.6 is 11.3 Å². The quantitative estimate of drug-likeness (QED) is 0.408. The van der Waals surface area contributed by atoms with Gasteiger partial charge in [0.05, 0.1) is 30.5 Å². The largest absolute Gasteiger partial charge is 0.493 e. The van der Waals surface area contributed by atoms with E-state index in [1.807, 2.05) is 60.8 Å². The molecule has 0 radical (unpaired) electrons. The average Bonchev–Trinajstić information content (AvgIpc) is 3.45. The molecule has 2 aromatic carbocycles. The minimum Gasteiger partial charge on any atom is -0.493 e. The number of nitrogens with zero attached hydrogens (tertiary/aromatic N) is 1. The van der Waals surface area contributed by atoms with Gasteiger partial charge < -0.3 is 19.8 Å². The van der Waals surface area contributed by atoms with Crippen LogP contribution in [0.3, 0.4) is 0 Å². The maximum atomic E-state index is 13.7. The number of aromatic nitrogens is 1. The Morgan fingerprint density at radius 1 is 1.06 bits per heavy atom. The van der Waals surface area contributed by atoms with E-state index in [1.165, 1.54) is 11.3 Å². The van der Waals surface area contributed by atoms with Gasteiger partial charge in [-0.15, -0.1) is 11.3 Å². The van der Waals surface area contributed by atoms with E-state index in [2.05, 4.69) is 4.57 Å². The molecule has 0 saturated carbocycles. The second kappa shape index (κ2) is 7.88. The molecule has 4 aromatic rings. The molecule has 2 N–H and O–H groups in total. The van der Waals surface area contributed by atoms with Gasteiger partial charge in [0.15, 0.2) is 11.5 Å². The Bertz CT molecular complexity index is 1320. The topological polar surface area (TPSA) is 66.5 Å². The maximum Gasteiger partial charge on any atom is 0.220 e. The highest BCUT2D eigenvalue weighted by Gasteiger charge is 2.32. The van der Waals surface area contributed by atoms with Crippen LogP contribution in [0.1, 0.15) is 26.5 Å². The van der Waals surface area contributed by atoms with Crippen molar-refractivity contribution in [2.24, 2.45) is 0 Å². The number of nitrogens with two attached hydrogens (primary N) is 1. The lowest BCUT2D eigenvalue weighted by Gasteiger charge is -2.23. The molecule has 3 heterocycles. The van der Waals surface area contributed by atoms with Crippen LogP contribution in [0, 0.1) is 6.92 Å². The van der Waals surface area contributed by atoms with Crippen molar-refractivity contribution >= 4 is 22.8 Å². The van der Waals surface area contributed by atoms with Gasteiger partial charge in [0.25, 0.3) is 0 Å². The van der Waals surface area contributed by atoms with Crippen LogP contribution in [0.15, 0.2) is 53.9 Å². The normalized spacial score (nSPS) is 12.2. The summed E-state index contributed by atoms with van der Waals surface area (Å²) in [6.45, 7) is 2.71. The Morgan fingerprint density at radius 3 is 2.44 bits per heavy atom. The highest BCUT2D eigenvalue weighted by atomic mass is 32.1. The van der Waals surface area contributed by atoms with Crippen LogP contribution in [-0.2, 0) is 13.0 Å². The molecule has 0 aliphatic carbocycles. The van der Waals surface area contributed by atoms with Gasteiger partial charge in [0, 0.05) is 17.7 Å². The first-order chi connectivity index (χ1) is 15.5. The summed E-state index contributed by atoms with van der Waals surface area (Å²) in [6.07, 6.45) is 0.773. The summed E-state index contributed by atoms with van der Waals surface area (Å²) in [7, 11) is 3.26. The fourth-order valence-electron chi connectivity index (χ4n) is 4.51. The van der Waals surface area contributed by atoms with Crippen molar-refractivity contribution in [2.45, 2.75) is 19.9 Å². The van der Waals surface area contributed by atoms with Gasteiger partial charge in [-0.25, -0.2) is 0 Å². The SMILES string of the molecule is COc1cc2c(cc1OC)-c1c(N)c(-c3ccc(C)cc3)c(C(=O)c3cccs3)n1CC2. The lowest BCUT2D eigenvalue weighted by molar-refractivity contribution is 0.103. The van der Waals surface area contributed by atoms with Gasteiger partial charge in [0.2, 0.25) is 5.78 Å². The number of rotatable bonds is 5. The first-order valence-corrected chi connectivity index (χ1v) is 11.3. The number of hydrogen-bond donors (Lipinski definition) is 1. The average molecular weight is 445 g/mol.